The molecule has 1 aromatic carbocycles. The molecule has 3 unspecified atom stereocenters. The van der Waals surface area contributed by atoms with E-state index >= 15 is 0 Å². The van der Waals surface area contributed by atoms with Gasteiger partial charge >= 0.3 is 0 Å². The summed E-state index contributed by atoms with van der Waals surface area (Å²) < 4.78 is 18.6. The van der Waals surface area contributed by atoms with Crippen LogP contribution >= 0.6 is 9.24 Å². The van der Waals surface area contributed by atoms with Crippen molar-refractivity contribution in [3.8, 4) is 5.75 Å². The fraction of sp³-hybridized carbons (Fsp3) is 0.480. The predicted octanol–water partition coefficient (Wildman–Crippen LogP) is 2.98. The van der Waals surface area contributed by atoms with Gasteiger partial charge in [-0.05, 0) is 50.1 Å². The van der Waals surface area contributed by atoms with Crippen LogP contribution in [-0.2, 0) is 6.42 Å². The van der Waals surface area contributed by atoms with E-state index in [1.165, 1.54) is 6.08 Å². The van der Waals surface area contributed by atoms with Gasteiger partial charge in [0, 0.05) is 35.6 Å². The molecular weight excluding hydrogens is 440 g/mol. The van der Waals surface area contributed by atoms with E-state index in [9.17, 15) is 14.3 Å². The van der Waals surface area contributed by atoms with Crippen LogP contribution in [0.3, 0.4) is 0 Å². The molecule has 8 heteroatoms. The second kappa shape index (κ2) is 14.1. The number of nitrogens with one attached hydrogen (secondary N) is 1. The minimum atomic E-state index is -0.709. The Balaban J connectivity index is 2.15. The number of benzene rings is 1. The van der Waals surface area contributed by atoms with Crippen LogP contribution < -0.4 is 21.1 Å². The highest BCUT2D eigenvalue weighted by atomic mass is 31.0. The number of rotatable bonds is 14. The standard InChI is InChI=1S/C25H37FN3O3P/c1-3-5-13-29(14-10-22(30)18(7-6-11-26)16-28-12-4-2)19-15-21-20(25(27)31)8-9-23(33)24(21)32-17-19/h4,6,8-9,11,16,19,22,28,30H,2-3,5,7,10,12-15,17,33H2,1H3,(H2,27,31)/b11-6+,18-16+. The second-order valence-electron chi connectivity index (χ2n) is 8.22. The molecule has 0 fully saturated rings. The summed E-state index contributed by atoms with van der Waals surface area (Å²) in [6, 6.07) is 3.65. The Bertz CT molecular complexity index is 860. The van der Waals surface area contributed by atoms with Crippen molar-refractivity contribution in [1.29, 1.82) is 0 Å². The quantitative estimate of drug-likeness (QED) is 0.218. The first-order valence-corrected chi connectivity index (χ1v) is 12.0. The average Bonchev–Trinajstić information content (AvgIpc) is 2.81. The smallest absolute Gasteiger partial charge is 0.249 e. The third-order valence-electron chi connectivity index (χ3n) is 5.84. The summed E-state index contributed by atoms with van der Waals surface area (Å²) in [5, 5.41) is 14.8. The number of hydrogen-bond donors (Lipinski definition) is 3. The van der Waals surface area contributed by atoms with E-state index in [2.05, 4.69) is 33.0 Å². The molecule has 3 atom stereocenters. The van der Waals surface area contributed by atoms with Crippen LogP contribution in [0.25, 0.3) is 0 Å². The maximum absolute atomic E-state index is 12.6. The number of primary amides is 1. The van der Waals surface area contributed by atoms with Crippen LogP contribution in [0.2, 0.25) is 0 Å². The summed E-state index contributed by atoms with van der Waals surface area (Å²) in [5.41, 5.74) is 7.67. The number of amides is 1. The SMILES string of the molecule is C=CCN/C=C(\C/C=C/F)C(O)CCN(CCCC)C1COc2c(P)ccc(C(N)=O)c2C1. The van der Waals surface area contributed by atoms with Crippen molar-refractivity contribution >= 4 is 20.5 Å². The normalized spacial score (nSPS) is 17.0. The number of carbonyl (C=O) groups is 1. The van der Waals surface area contributed by atoms with Gasteiger partial charge < -0.3 is 20.9 Å². The molecule has 6 nitrogen and oxygen atoms in total. The molecule has 0 aliphatic carbocycles. The maximum Gasteiger partial charge on any atom is 0.249 e. The van der Waals surface area contributed by atoms with Gasteiger partial charge in [-0.1, -0.05) is 31.6 Å². The minimum Gasteiger partial charge on any atom is -0.491 e. The Kier molecular flexibility index (Phi) is 11.6. The number of unbranched alkanes of at least 4 members (excludes halogenated alkanes) is 1. The number of halogens is 1. The van der Waals surface area contributed by atoms with Crippen LogP contribution in [0, 0.1) is 0 Å². The number of carbonyl (C=O) groups excluding carboxylic acids is 1. The Hall–Kier alpha value is -2.21. The zero-order valence-electron chi connectivity index (χ0n) is 19.4. The molecule has 1 amide bonds. The minimum absolute atomic E-state index is 0.0678. The summed E-state index contributed by atoms with van der Waals surface area (Å²) in [6.45, 7) is 8.38. The van der Waals surface area contributed by atoms with E-state index in [0.717, 1.165) is 41.6 Å². The molecule has 0 saturated carbocycles. The first-order chi connectivity index (χ1) is 15.9. The Morgan fingerprint density at radius 3 is 2.94 bits per heavy atom. The number of hydrogen-bond acceptors (Lipinski definition) is 5. The van der Waals surface area contributed by atoms with Gasteiger partial charge in [-0.15, -0.1) is 15.8 Å². The Morgan fingerprint density at radius 1 is 1.48 bits per heavy atom. The zero-order valence-corrected chi connectivity index (χ0v) is 20.6. The fourth-order valence-corrected chi connectivity index (χ4v) is 4.37. The van der Waals surface area contributed by atoms with E-state index in [4.69, 9.17) is 10.5 Å². The molecule has 0 aromatic heterocycles. The topological polar surface area (TPSA) is 87.8 Å². The second-order valence-corrected chi connectivity index (χ2v) is 8.84. The molecule has 0 radical (unpaired) electrons. The fourth-order valence-electron chi connectivity index (χ4n) is 4.02. The Morgan fingerprint density at radius 2 is 2.27 bits per heavy atom. The molecule has 4 N–H and O–H groups in total. The number of ether oxygens (including phenoxy) is 1. The first-order valence-electron chi connectivity index (χ1n) is 11.5. The highest BCUT2D eigenvalue weighted by Gasteiger charge is 2.29. The van der Waals surface area contributed by atoms with Crippen molar-refractivity contribution in [3.05, 3.63) is 60.1 Å². The summed E-state index contributed by atoms with van der Waals surface area (Å²) in [7, 11) is 2.65. The van der Waals surface area contributed by atoms with Crippen molar-refractivity contribution in [1.82, 2.24) is 10.2 Å². The highest BCUT2D eigenvalue weighted by Crippen LogP contribution is 2.30. The lowest BCUT2D eigenvalue weighted by Gasteiger charge is -2.36. The van der Waals surface area contributed by atoms with Crippen molar-refractivity contribution in [2.24, 2.45) is 5.73 Å². The number of nitrogens with zero attached hydrogens (tertiary/aromatic N) is 1. The van der Waals surface area contributed by atoms with Crippen LogP contribution in [-0.4, -0.2) is 54.3 Å². The van der Waals surface area contributed by atoms with Gasteiger partial charge in [0.1, 0.15) is 12.4 Å². The molecule has 33 heavy (non-hydrogen) atoms. The molecule has 1 aliphatic heterocycles. The van der Waals surface area contributed by atoms with Crippen LogP contribution in [0.15, 0.2) is 49.0 Å². The van der Waals surface area contributed by atoms with E-state index in [0.29, 0.717) is 50.9 Å². The van der Waals surface area contributed by atoms with Crippen LogP contribution in [0.5, 0.6) is 5.75 Å². The van der Waals surface area contributed by atoms with Crippen molar-refractivity contribution in [2.45, 2.75) is 51.2 Å². The summed E-state index contributed by atoms with van der Waals surface area (Å²) in [6.07, 6.45) is 8.18. The van der Waals surface area contributed by atoms with E-state index in [1.54, 1.807) is 18.3 Å². The Labute approximate surface area is 199 Å². The molecule has 2 rings (SSSR count). The number of aliphatic hydroxyl groups excluding tert-OH is 1. The van der Waals surface area contributed by atoms with Gasteiger partial charge in [-0.2, -0.15) is 0 Å². The number of aliphatic hydroxyl groups is 1. The number of nitrogens with two attached hydrogens (primary N) is 1. The highest BCUT2D eigenvalue weighted by molar-refractivity contribution is 7.27. The lowest BCUT2D eigenvalue weighted by Crippen LogP contribution is -2.46. The number of fused-ring (bicyclic) bond motifs is 1. The van der Waals surface area contributed by atoms with E-state index in [-0.39, 0.29) is 6.04 Å². The summed E-state index contributed by atoms with van der Waals surface area (Å²) >= 11 is 0. The molecule has 0 saturated heterocycles. The van der Waals surface area contributed by atoms with Gasteiger partial charge in [-0.3, -0.25) is 9.69 Å². The van der Waals surface area contributed by atoms with Crippen LogP contribution in [0.4, 0.5) is 4.39 Å². The molecular formula is C25H37FN3O3P. The molecule has 0 spiro atoms. The van der Waals surface area contributed by atoms with Crippen LogP contribution in [0.1, 0.15) is 48.5 Å². The summed E-state index contributed by atoms with van der Waals surface area (Å²) in [4.78, 5) is 14.3. The van der Waals surface area contributed by atoms with Gasteiger partial charge in [0.05, 0.1) is 12.4 Å². The van der Waals surface area contributed by atoms with Crippen molar-refractivity contribution < 1.29 is 19.0 Å². The number of allylic oxidation sites excluding steroid dienone is 1. The maximum atomic E-state index is 12.6. The van der Waals surface area contributed by atoms with Gasteiger partial charge in [-0.25, -0.2) is 4.39 Å². The first kappa shape index (κ1) is 27.0. The zero-order chi connectivity index (χ0) is 24.2. The lowest BCUT2D eigenvalue weighted by atomic mass is 9.95. The average molecular weight is 478 g/mol. The van der Waals surface area contributed by atoms with Gasteiger partial charge in [0.15, 0.2) is 0 Å². The van der Waals surface area contributed by atoms with E-state index < -0.39 is 12.0 Å². The monoisotopic (exact) mass is 477 g/mol. The summed E-state index contributed by atoms with van der Waals surface area (Å²) in [5.74, 6) is 0.262. The largest absolute Gasteiger partial charge is 0.491 e. The predicted molar refractivity (Wildman–Crippen MR) is 136 cm³/mol. The lowest BCUT2D eigenvalue weighted by molar-refractivity contribution is 0.0952. The molecule has 0 bridgehead atoms. The van der Waals surface area contributed by atoms with Crippen molar-refractivity contribution in [2.75, 3.05) is 26.2 Å². The van der Waals surface area contributed by atoms with Gasteiger partial charge in [0.2, 0.25) is 5.91 Å². The molecule has 182 valence electrons. The molecule has 1 aliphatic rings. The van der Waals surface area contributed by atoms with Crippen molar-refractivity contribution in [3.63, 3.8) is 0 Å². The third-order valence-corrected chi connectivity index (χ3v) is 6.30. The van der Waals surface area contributed by atoms with E-state index in [1.807, 2.05) is 6.07 Å². The third kappa shape index (κ3) is 7.95. The van der Waals surface area contributed by atoms with Gasteiger partial charge in [0.25, 0.3) is 0 Å². The molecule has 1 aromatic rings. The molecule has 1 heterocycles.